The van der Waals surface area contributed by atoms with Gasteiger partial charge in [-0.3, -0.25) is 0 Å². The van der Waals surface area contributed by atoms with Crippen molar-refractivity contribution in [1.82, 2.24) is 5.48 Å². The van der Waals surface area contributed by atoms with E-state index in [2.05, 4.69) is 17.6 Å². The van der Waals surface area contributed by atoms with Crippen LogP contribution in [0.5, 0.6) is 5.75 Å². The van der Waals surface area contributed by atoms with E-state index >= 15 is 0 Å². The van der Waals surface area contributed by atoms with E-state index in [1.807, 2.05) is 42.5 Å². The molecular weight excluding hydrogens is 224 g/mol. The summed E-state index contributed by atoms with van der Waals surface area (Å²) in [5.41, 5.74) is 12.1. The first-order valence-electron chi connectivity index (χ1n) is 5.89. The summed E-state index contributed by atoms with van der Waals surface area (Å²) >= 11 is 0. The largest absolute Gasteiger partial charge is 0.383 e. The highest BCUT2D eigenvalue weighted by Gasteiger charge is 2.18. The van der Waals surface area contributed by atoms with E-state index < -0.39 is 0 Å². The van der Waals surface area contributed by atoms with Crippen molar-refractivity contribution in [3.8, 4) is 5.75 Å². The Kier molecular flexibility index (Phi) is 2.65. The van der Waals surface area contributed by atoms with Crippen molar-refractivity contribution in [3.63, 3.8) is 0 Å². The minimum absolute atomic E-state index is 0.581. The number of fused-ring (bicyclic) bond motifs is 1. The maximum absolute atomic E-state index is 5.99. The van der Waals surface area contributed by atoms with E-state index in [9.17, 15) is 0 Å². The molecular formula is C15H14N2O. The SMILES string of the molecule is NC1=C(Cc2ccccc2)c2ccccc2ON1. The Labute approximate surface area is 106 Å². The smallest absolute Gasteiger partial charge is 0.162 e. The number of hydrogen-bond donors (Lipinski definition) is 2. The third-order valence-electron chi connectivity index (χ3n) is 3.03. The summed E-state index contributed by atoms with van der Waals surface area (Å²) in [6.07, 6.45) is 0.792. The lowest BCUT2D eigenvalue weighted by Gasteiger charge is -2.22. The lowest BCUT2D eigenvalue weighted by Crippen LogP contribution is -2.29. The molecule has 0 aromatic heterocycles. The molecule has 3 nitrogen and oxygen atoms in total. The quantitative estimate of drug-likeness (QED) is 0.844. The molecule has 2 aromatic rings. The number of hydroxylamine groups is 1. The molecule has 0 saturated carbocycles. The lowest BCUT2D eigenvalue weighted by molar-refractivity contribution is 0.222. The normalized spacial score (nSPS) is 13.6. The molecule has 2 aromatic carbocycles. The van der Waals surface area contributed by atoms with Crippen LogP contribution in [0.1, 0.15) is 11.1 Å². The molecule has 1 heterocycles. The van der Waals surface area contributed by atoms with Crippen LogP contribution in [0, 0.1) is 0 Å². The molecule has 3 heteroatoms. The molecule has 3 rings (SSSR count). The second kappa shape index (κ2) is 4.45. The van der Waals surface area contributed by atoms with Gasteiger partial charge in [0.25, 0.3) is 0 Å². The Morgan fingerprint density at radius 2 is 1.67 bits per heavy atom. The minimum Gasteiger partial charge on any atom is -0.383 e. The van der Waals surface area contributed by atoms with Crippen molar-refractivity contribution in [2.24, 2.45) is 5.73 Å². The number of para-hydroxylation sites is 1. The maximum atomic E-state index is 5.99. The van der Waals surface area contributed by atoms with Gasteiger partial charge in [0.1, 0.15) is 5.82 Å². The van der Waals surface area contributed by atoms with Gasteiger partial charge in [0, 0.05) is 17.6 Å². The van der Waals surface area contributed by atoms with Crippen LogP contribution in [0.15, 0.2) is 60.4 Å². The maximum Gasteiger partial charge on any atom is 0.162 e. The van der Waals surface area contributed by atoms with Crippen LogP contribution in [0.2, 0.25) is 0 Å². The standard InChI is InChI=1S/C15H14N2O/c16-15-13(10-11-6-2-1-3-7-11)12-8-4-5-9-14(12)18-17-15/h1-9,17H,10,16H2. The minimum atomic E-state index is 0.581. The van der Waals surface area contributed by atoms with Gasteiger partial charge in [0.2, 0.25) is 0 Å². The van der Waals surface area contributed by atoms with Crippen molar-refractivity contribution < 1.29 is 4.84 Å². The van der Waals surface area contributed by atoms with E-state index in [0.29, 0.717) is 5.82 Å². The summed E-state index contributed by atoms with van der Waals surface area (Å²) in [5, 5.41) is 0. The molecule has 1 aliphatic heterocycles. The highest BCUT2D eigenvalue weighted by Crippen LogP contribution is 2.31. The Morgan fingerprint density at radius 3 is 2.50 bits per heavy atom. The summed E-state index contributed by atoms with van der Waals surface area (Å²) < 4.78 is 0. The van der Waals surface area contributed by atoms with Crippen molar-refractivity contribution in [2.75, 3.05) is 0 Å². The Bertz CT molecular complexity index is 590. The number of benzene rings is 2. The van der Waals surface area contributed by atoms with Gasteiger partial charge in [-0.2, -0.15) is 0 Å². The summed E-state index contributed by atoms with van der Waals surface area (Å²) in [6, 6.07) is 18.2. The molecule has 0 spiro atoms. The predicted octanol–water partition coefficient (Wildman–Crippen LogP) is 2.45. The summed E-state index contributed by atoms with van der Waals surface area (Å²) in [4.78, 5) is 5.37. The molecule has 0 saturated heterocycles. The van der Waals surface area contributed by atoms with Crippen molar-refractivity contribution >= 4 is 5.57 Å². The Hall–Kier alpha value is -2.42. The van der Waals surface area contributed by atoms with Gasteiger partial charge in [0.05, 0.1) is 0 Å². The van der Waals surface area contributed by atoms with Crippen molar-refractivity contribution in [1.29, 1.82) is 0 Å². The zero-order valence-electron chi connectivity index (χ0n) is 9.89. The molecule has 3 N–H and O–H groups in total. The van der Waals surface area contributed by atoms with Crippen LogP contribution in [0.25, 0.3) is 5.57 Å². The fourth-order valence-corrected chi connectivity index (χ4v) is 2.11. The predicted molar refractivity (Wildman–Crippen MR) is 71.5 cm³/mol. The molecule has 1 aliphatic rings. The average Bonchev–Trinajstić information content (AvgIpc) is 2.43. The number of rotatable bonds is 2. The highest BCUT2D eigenvalue weighted by molar-refractivity contribution is 5.75. The molecule has 90 valence electrons. The second-order valence-electron chi connectivity index (χ2n) is 4.25. The molecule has 0 fully saturated rings. The third kappa shape index (κ3) is 1.91. The average molecular weight is 238 g/mol. The Balaban J connectivity index is 2.00. The first-order chi connectivity index (χ1) is 8.84. The molecule has 0 aliphatic carbocycles. The van der Waals surface area contributed by atoms with Gasteiger partial charge in [-0.25, -0.2) is 5.48 Å². The Morgan fingerprint density at radius 1 is 0.944 bits per heavy atom. The van der Waals surface area contributed by atoms with Crippen LogP contribution in [-0.2, 0) is 6.42 Å². The molecule has 0 atom stereocenters. The summed E-state index contributed by atoms with van der Waals surface area (Å²) in [5.74, 6) is 1.40. The monoisotopic (exact) mass is 238 g/mol. The zero-order valence-corrected chi connectivity index (χ0v) is 9.89. The molecule has 0 radical (unpaired) electrons. The van der Waals surface area contributed by atoms with E-state index in [1.165, 1.54) is 5.56 Å². The van der Waals surface area contributed by atoms with E-state index in [0.717, 1.165) is 23.3 Å². The molecule has 0 amide bonds. The van der Waals surface area contributed by atoms with E-state index in [1.54, 1.807) is 0 Å². The van der Waals surface area contributed by atoms with Gasteiger partial charge in [-0.15, -0.1) is 0 Å². The summed E-state index contributed by atoms with van der Waals surface area (Å²) in [7, 11) is 0. The zero-order chi connectivity index (χ0) is 12.4. The highest BCUT2D eigenvalue weighted by atomic mass is 16.6. The molecule has 18 heavy (non-hydrogen) atoms. The second-order valence-corrected chi connectivity index (χ2v) is 4.25. The number of hydrogen-bond acceptors (Lipinski definition) is 3. The van der Waals surface area contributed by atoms with Crippen LogP contribution in [-0.4, -0.2) is 0 Å². The van der Waals surface area contributed by atoms with Gasteiger partial charge in [-0.1, -0.05) is 48.5 Å². The van der Waals surface area contributed by atoms with Crippen LogP contribution < -0.4 is 16.1 Å². The first-order valence-corrected chi connectivity index (χ1v) is 5.89. The van der Waals surface area contributed by atoms with Crippen molar-refractivity contribution in [2.45, 2.75) is 6.42 Å². The lowest BCUT2D eigenvalue weighted by atomic mass is 9.97. The van der Waals surface area contributed by atoms with Gasteiger partial charge < -0.3 is 10.6 Å². The number of allylic oxidation sites excluding steroid dienone is 1. The fraction of sp³-hybridized carbons (Fsp3) is 0.0667. The van der Waals surface area contributed by atoms with Crippen LogP contribution >= 0.6 is 0 Å². The van der Waals surface area contributed by atoms with Crippen LogP contribution in [0.3, 0.4) is 0 Å². The first kappa shape index (κ1) is 10.7. The summed E-state index contributed by atoms with van der Waals surface area (Å²) in [6.45, 7) is 0. The van der Waals surface area contributed by atoms with Gasteiger partial charge >= 0.3 is 0 Å². The fourth-order valence-electron chi connectivity index (χ4n) is 2.11. The van der Waals surface area contributed by atoms with E-state index in [-0.39, 0.29) is 0 Å². The van der Waals surface area contributed by atoms with Gasteiger partial charge in [0.15, 0.2) is 5.75 Å². The van der Waals surface area contributed by atoms with Gasteiger partial charge in [-0.05, 0) is 11.6 Å². The van der Waals surface area contributed by atoms with Crippen LogP contribution in [0.4, 0.5) is 0 Å². The third-order valence-corrected chi connectivity index (χ3v) is 3.03. The topological polar surface area (TPSA) is 47.3 Å². The molecule has 0 unspecified atom stereocenters. The number of nitrogens with one attached hydrogen (secondary N) is 1. The number of nitrogens with two attached hydrogens (primary N) is 1. The van der Waals surface area contributed by atoms with Crippen molar-refractivity contribution in [3.05, 3.63) is 71.5 Å². The molecule has 0 bridgehead atoms. The van der Waals surface area contributed by atoms with E-state index in [4.69, 9.17) is 10.6 Å².